The maximum Gasteiger partial charge on any atom is 0.345 e. The number of halogens is 3. The monoisotopic (exact) mass is 629 g/mol. The largest absolute Gasteiger partial charge is 0.422 e. The molecule has 2 aliphatic rings. The van der Waals surface area contributed by atoms with Crippen LogP contribution in [0.5, 0.6) is 0 Å². The summed E-state index contributed by atoms with van der Waals surface area (Å²) >= 11 is 4.87. The van der Waals surface area contributed by atoms with Crippen molar-refractivity contribution in [3.8, 4) is 11.3 Å². The van der Waals surface area contributed by atoms with E-state index >= 15 is 0 Å². The van der Waals surface area contributed by atoms with E-state index in [4.69, 9.17) is 14.5 Å². The Balaban J connectivity index is 1.31. The van der Waals surface area contributed by atoms with Crippen LogP contribution in [-0.4, -0.2) is 10.7 Å². The van der Waals surface area contributed by atoms with E-state index in [1.165, 1.54) is 35.6 Å². The van der Waals surface area contributed by atoms with Gasteiger partial charge in [0.2, 0.25) is 5.13 Å². The van der Waals surface area contributed by atoms with Crippen LogP contribution in [0.25, 0.3) is 28.3 Å². The van der Waals surface area contributed by atoms with Crippen molar-refractivity contribution in [2.75, 3.05) is 5.01 Å². The van der Waals surface area contributed by atoms with Crippen LogP contribution < -0.4 is 10.6 Å². The van der Waals surface area contributed by atoms with Crippen LogP contribution in [-0.2, 0) is 0 Å². The van der Waals surface area contributed by atoms with Crippen molar-refractivity contribution < 1.29 is 13.2 Å². The van der Waals surface area contributed by atoms with Gasteiger partial charge in [0.1, 0.15) is 17.2 Å². The SMILES string of the molecule is O=c1oc2ccc(Br)cc2cc1-c1csc(N2N=C3/C(=C\c4ccc(F)cc4)CCC[C@H]3[C@H]2c2ccc(F)cc2)n1. The number of thiazole rings is 1. The lowest BCUT2D eigenvalue weighted by molar-refractivity contribution is 0.486. The first-order valence-corrected chi connectivity index (χ1v) is 14.9. The molecule has 1 aliphatic heterocycles. The number of anilines is 1. The third-order valence-corrected chi connectivity index (χ3v) is 8.91. The molecule has 3 heterocycles. The molecule has 1 saturated carbocycles. The van der Waals surface area contributed by atoms with Gasteiger partial charge in [0.05, 0.1) is 23.0 Å². The first-order chi connectivity index (χ1) is 19.9. The number of rotatable bonds is 4. The molecule has 7 rings (SSSR count). The summed E-state index contributed by atoms with van der Waals surface area (Å²) in [5.41, 5.74) is 4.83. The maximum atomic E-state index is 13.9. The second-order valence-electron chi connectivity index (χ2n) is 10.2. The minimum absolute atomic E-state index is 0.0661. The molecule has 2 aromatic heterocycles. The van der Waals surface area contributed by atoms with Crippen LogP contribution >= 0.6 is 27.3 Å². The van der Waals surface area contributed by atoms with Gasteiger partial charge >= 0.3 is 5.63 Å². The zero-order chi connectivity index (χ0) is 28.1. The molecule has 5 aromatic rings. The molecule has 0 amide bonds. The summed E-state index contributed by atoms with van der Waals surface area (Å²) in [5.74, 6) is -0.510. The standard InChI is InChI=1S/C32H22BrF2N3O2S/c33-22-8-13-28-21(15-22)16-26(31(39)40-28)27-17-41-32(36-27)38-30(19-6-11-24(35)12-7-19)25-3-1-2-20(29(25)37-38)14-18-4-9-23(34)10-5-18/h4-17,25,30H,1-3H2/b20-14-/t25-,30-/m1/s1. The van der Waals surface area contributed by atoms with E-state index in [2.05, 4.69) is 22.0 Å². The Kier molecular flexibility index (Phi) is 6.63. The van der Waals surface area contributed by atoms with E-state index in [-0.39, 0.29) is 23.6 Å². The molecule has 2 atom stereocenters. The summed E-state index contributed by atoms with van der Waals surface area (Å²) in [6.45, 7) is 0. The molecule has 204 valence electrons. The van der Waals surface area contributed by atoms with E-state index in [9.17, 15) is 13.6 Å². The van der Waals surface area contributed by atoms with E-state index in [0.717, 1.165) is 51.5 Å². The molecular weight excluding hydrogens is 608 g/mol. The highest BCUT2D eigenvalue weighted by molar-refractivity contribution is 9.10. The zero-order valence-electron chi connectivity index (χ0n) is 21.6. The van der Waals surface area contributed by atoms with Gasteiger partial charge in [-0.15, -0.1) is 11.3 Å². The summed E-state index contributed by atoms with van der Waals surface area (Å²) < 4.78 is 33.9. The third-order valence-electron chi connectivity index (χ3n) is 7.58. The lowest BCUT2D eigenvalue weighted by Gasteiger charge is -2.29. The molecule has 0 unspecified atom stereocenters. The highest BCUT2D eigenvalue weighted by Crippen LogP contribution is 2.47. The van der Waals surface area contributed by atoms with E-state index in [0.29, 0.717) is 22.0 Å². The first kappa shape index (κ1) is 26.0. The normalized spacial score (nSPS) is 19.5. The van der Waals surface area contributed by atoms with Crippen LogP contribution in [0, 0.1) is 17.6 Å². The van der Waals surface area contributed by atoms with Crippen molar-refractivity contribution in [1.29, 1.82) is 0 Å². The summed E-state index contributed by atoms with van der Waals surface area (Å²) in [6, 6.07) is 20.0. The van der Waals surface area contributed by atoms with Gasteiger partial charge in [-0.25, -0.2) is 23.6 Å². The van der Waals surface area contributed by atoms with Crippen LogP contribution in [0.15, 0.2) is 103 Å². The molecule has 1 fully saturated rings. The van der Waals surface area contributed by atoms with Crippen molar-refractivity contribution in [2.24, 2.45) is 11.0 Å². The minimum Gasteiger partial charge on any atom is -0.422 e. The number of benzene rings is 3. The topological polar surface area (TPSA) is 58.7 Å². The number of nitrogens with zero attached hydrogens (tertiary/aromatic N) is 3. The molecular formula is C32H22BrF2N3O2S. The Labute approximate surface area is 246 Å². The fourth-order valence-corrected chi connectivity index (χ4v) is 6.87. The predicted molar refractivity (Wildman–Crippen MR) is 162 cm³/mol. The molecule has 0 saturated heterocycles. The Bertz CT molecular complexity index is 1900. The van der Waals surface area contributed by atoms with Crippen LogP contribution in [0.2, 0.25) is 0 Å². The van der Waals surface area contributed by atoms with Gasteiger partial charge in [0, 0.05) is 21.2 Å². The zero-order valence-corrected chi connectivity index (χ0v) is 24.0. The van der Waals surface area contributed by atoms with Crippen molar-refractivity contribution >= 4 is 55.2 Å². The maximum absolute atomic E-state index is 13.9. The summed E-state index contributed by atoms with van der Waals surface area (Å²) in [5, 5.41) is 10.3. The van der Waals surface area contributed by atoms with Crippen LogP contribution in [0.3, 0.4) is 0 Å². The number of hydrazone groups is 1. The number of hydrogen-bond donors (Lipinski definition) is 0. The average molecular weight is 631 g/mol. The van der Waals surface area contributed by atoms with E-state index < -0.39 is 5.63 Å². The van der Waals surface area contributed by atoms with Crippen LogP contribution in [0.1, 0.15) is 36.4 Å². The molecule has 0 spiro atoms. The second-order valence-corrected chi connectivity index (χ2v) is 11.9. The number of hydrogen-bond acceptors (Lipinski definition) is 6. The molecule has 9 heteroatoms. The Hall–Kier alpha value is -3.95. The van der Waals surface area contributed by atoms with Crippen molar-refractivity contribution in [2.45, 2.75) is 25.3 Å². The van der Waals surface area contributed by atoms with Gasteiger partial charge < -0.3 is 4.42 Å². The smallest absolute Gasteiger partial charge is 0.345 e. The van der Waals surface area contributed by atoms with E-state index in [1.807, 2.05) is 22.5 Å². The fourth-order valence-electron chi connectivity index (χ4n) is 5.68. The molecule has 5 nitrogen and oxygen atoms in total. The van der Waals surface area contributed by atoms with Crippen molar-refractivity contribution in [3.63, 3.8) is 0 Å². The van der Waals surface area contributed by atoms with Gasteiger partial charge in [-0.2, -0.15) is 5.10 Å². The third kappa shape index (κ3) is 4.93. The summed E-state index contributed by atoms with van der Waals surface area (Å²) in [4.78, 5) is 17.7. The molecule has 41 heavy (non-hydrogen) atoms. The Morgan fingerprint density at radius 1 is 1.00 bits per heavy atom. The molecule has 0 bridgehead atoms. The lowest BCUT2D eigenvalue weighted by atomic mass is 9.77. The van der Waals surface area contributed by atoms with Gasteiger partial charge in [-0.3, -0.25) is 0 Å². The minimum atomic E-state index is -0.460. The molecule has 0 radical (unpaired) electrons. The average Bonchev–Trinajstić information content (AvgIpc) is 3.61. The molecule has 3 aromatic carbocycles. The highest BCUT2D eigenvalue weighted by atomic mass is 79.9. The number of fused-ring (bicyclic) bond motifs is 2. The van der Waals surface area contributed by atoms with Gasteiger partial charge in [-0.05, 0) is 90.6 Å². The predicted octanol–water partition coefficient (Wildman–Crippen LogP) is 8.76. The van der Waals surface area contributed by atoms with Crippen LogP contribution in [0.4, 0.5) is 13.9 Å². The molecule has 1 aliphatic carbocycles. The fraction of sp³-hybridized carbons (Fsp3) is 0.156. The lowest BCUT2D eigenvalue weighted by Crippen LogP contribution is -2.28. The summed E-state index contributed by atoms with van der Waals surface area (Å²) in [7, 11) is 0. The van der Waals surface area contributed by atoms with Gasteiger partial charge in [0.15, 0.2) is 0 Å². The second kappa shape index (κ2) is 10.5. The quantitative estimate of drug-likeness (QED) is 0.186. The molecule has 0 N–H and O–H groups in total. The number of aromatic nitrogens is 1. The Morgan fingerprint density at radius 3 is 2.54 bits per heavy atom. The van der Waals surface area contributed by atoms with Crippen molar-refractivity contribution in [1.82, 2.24) is 4.98 Å². The summed E-state index contributed by atoms with van der Waals surface area (Å²) in [6.07, 6.45) is 4.81. The van der Waals surface area contributed by atoms with Crippen molar-refractivity contribution in [3.05, 3.63) is 121 Å². The number of allylic oxidation sites excluding steroid dienone is 1. The van der Waals surface area contributed by atoms with Gasteiger partial charge in [-0.1, -0.05) is 40.2 Å². The van der Waals surface area contributed by atoms with E-state index in [1.54, 1.807) is 36.4 Å². The first-order valence-electron chi connectivity index (χ1n) is 13.2. The highest BCUT2D eigenvalue weighted by Gasteiger charge is 2.43. The Morgan fingerprint density at radius 2 is 1.76 bits per heavy atom. The van der Waals surface area contributed by atoms with Gasteiger partial charge in [0.25, 0.3) is 0 Å².